The number of nitrogens with zero attached hydrogens (tertiary/aromatic N) is 2. The molecule has 1 aliphatic carbocycles. The zero-order valence-corrected chi connectivity index (χ0v) is 25.3. The van der Waals surface area contributed by atoms with Gasteiger partial charge >= 0.3 is 0 Å². The first kappa shape index (κ1) is 31.0. The molecule has 0 radical (unpaired) electrons. The minimum absolute atomic E-state index is 0.00793. The molecule has 3 N–H and O–H groups in total. The Labute approximate surface area is 244 Å². The second kappa shape index (κ2) is 13.8. The van der Waals surface area contributed by atoms with E-state index >= 15 is 0 Å². The van der Waals surface area contributed by atoms with Crippen molar-refractivity contribution in [1.29, 1.82) is 0 Å². The molecule has 0 amide bonds. The molecular formula is C29H36N4O6S2. The van der Waals surface area contributed by atoms with Crippen molar-refractivity contribution in [3.8, 4) is 22.5 Å². The van der Waals surface area contributed by atoms with Gasteiger partial charge in [0.2, 0.25) is 15.4 Å². The summed E-state index contributed by atoms with van der Waals surface area (Å²) in [6.07, 6.45) is 0. The topological polar surface area (TPSA) is 133 Å². The third-order valence-electron chi connectivity index (χ3n) is 7.07. The summed E-state index contributed by atoms with van der Waals surface area (Å²) in [5.41, 5.74) is 9.49. The number of benzene rings is 3. The van der Waals surface area contributed by atoms with Crippen molar-refractivity contribution in [3.05, 3.63) is 60.0 Å². The lowest BCUT2D eigenvalue weighted by molar-refractivity contribution is -0.777. The van der Waals surface area contributed by atoms with E-state index < -0.39 is 10.0 Å². The van der Waals surface area contributed by atoms with Gasteiger partial charge in [-0.25, -0.2) is 17.7 Å². The maximum absolute atomic E-state index is 12.9. The molecule has 2 aromatic rings. The van der Waals surface area contributed by atoms with E-state index in [1.165, 1.54) is 12.1 Å². The zero-order chi connectivity index (χ0) is 29.6. The van der Waals surface area contributed by atoms with Crippen LogP contribution in [-0.2, 0) is 19.4 Å². The molecule has 0 spiro atoms. The van der Waals surface area contributed by atoms with Crippen molar-refractivity contribution < 1.29 is 27.5 Å². The molecule has 12 heteroatoms. The van der Waals surface area contributed by atoms with Gasteiger partial charge in [-0.2, -0.15) is 4.33 Å². The third kappa shape index (κ3) is 6.59. The minimum atomic E-state index is -3.84. The molecular weight excluding hydrogens is 564 g/mol. The van der Waals surface area contributed by atoms with Crippen molar-refractivity contribution in [2.24, 2.45) is 5.73 Å². The van der Waals surface area contributed by atoms with E-state index in [-0.39, 0.29) is 18.0 Å². The van der Waals surface area contributed by atoms with Crippen molar-refractivity contribution >= 4 is 38.7 Å². The van der Waals surface area contributed by atoms with Crippen LogP contribution in [0.4, 0.5) is 5.69 Å². The molecule has 0 fully saturated rings. The fraction of sp³-hybridized carbons (Fsp3) is 0.345. The second-order valence-corrected chi connectivity index (χ2v) is 11.8. The lowest BCUT2D eigenvalue weighted by Gasteiger charge is -2.23. The Bertz CT molecular complexity index is 1650. The lowest BCUT2D eigenvalue weighted by Crippen LogP contribution is -2.29. The first-order valence-electron chi connectivity index (χ1n) is 13.6. The molecule has 0 unspecified atom stereocenters. The highest BCUT2D eigenvalue weighted by Crippen LogP contribution is 2.44. The van der Waals surface area contributed by atoms with Gasteiger partial charge in [-0.3, -0.25) is 5.04 Å². The van der Waals surface area contributed by atoms with E-state index in [9.17, 15) is 13.7 Å². The number of sulfonamides is 1. The molecule has 0 saturated heterocycles. The monoisotopic (exact) mass is 600 g/mol. The Hall–Kier alpha value is -2.97. The van der Waals surface area contributed by atoms with Gasteiger partial charge in [0, 0.05) is 65.4 Å². The Balaban J connectivity index is 2.06. The number of hydrogen-bond acceptors (Lipinski definition) is 9. The zero-order valence-electron chi connectivity index (χ0n) is 23.7. The fourth-order valence-electron chi connectivity index (χ4n) is 5.00. The SMILES string of the molecule is CCN(CC)c1ccc2c(-c3ccc(S(=O)(=O)NCCN)cc3SOO[O-])c3ccc(=[N+](CC)CC)cc-3oc2c1. The largest absolute Gasteiger partial charge is 0.691 e. The molecule has 1 heterocycles. The summed E-state index contributed by atoms with van der Waals surface area (Å²) in [5.74, 6) is 0.673. The van der Waals surface area contributed by atoms with Crippen molar-refractivity contribution in [2.45, 2.75) is 37.5 Å². The number of hydrogen-bond donors (Lipinski definition) is 2. The van der Waals surface area contributed by atoms with Crippen LogP contribution in [0.15, 0.2) is 68.8 Å². The first-order chi connectivity index (χ1) is 19.8. The van der Waals surface area contributed by atoms with Gasteiger partial charge in [0.15, 0.2) is 0 Å². The average molecular weight is 601 g/mol. The highest BCUT2D eigenvalue weighted by atomic mass is 32.2. The minimum Gasteiger partial charge on any atom is -0.691 e. The number of fused-ring (bicyclic) bond motifs is 2. The Morgan fingerprint density at radius 3 is 2.39 bits per heavy atom. The van der Waals surface area contributed by atoms with Crippen molar-refractivity contribution in [2.75, 3.05) is 44.2 Å². The highest BCUT2D eigenvalue weighted by Gasteiger charge is 2.24. The van der Waals surface area contributed by atoms with Crippen LogP contribution in [-0.4, -0.2) is 47.7 Å². The Kier molecular flexibility index (Phi) is 10.4. The predicted octanol–water partition coefficient (Wildman–Crippen LogP) is 3.33. The molecule has 4 rings (SSSR count). The first-order valence-corrected chi connectivity index (χ1v) is 15.8. The van der Waals surface area contributed by atoms with Crippen LogP contribution in [0.5, 0.6) is 0 Å². The van der Waals surface area contributed by atoms with Gasteiger partial charge < -0.3 is 20.3 Å². The van der Waals surface area contributed by atoms with Crippen LogP contribution in [0.25, 0.3) is 33.4 Å². The van der Waals surface area contributed by atoms with Gasteiger partial charge in [-0.15, -0.1) is 0 Å². The van der Waals surface area contributed by atoms with Crippen LogP contribution in [0.3, 0.4) is 0 Å². The van der Waals surface area contributed by atoms with Gasteiger partial charge in [0.1, 0.15) is 24.4 Å². The molecule has 0 aromatic heterocycles. The summed E-state index contributed by atoms with van der Waals surface area (Å²) < 4.78 is 41.7. The number of rotatable bonds is 13. The molecule has 0 bridgehead atoms. The van der Waals surface area contributed by atoms with Gasteiger partial charge in [0.05, 0.1) is 23.0 Å². The molecule has 2 aromatic carbocycles. The van der Waals surface area contributed by atoms with Crippen molar-refractivity contribution in [3.63, 3.8) is 0 Å². The smallest absolute Gasteiger partial charge is 0.240 e. The fourth-order valence-corrected chi connectivity index (χ4v) is 6.69. The maximum Gasteiger partial charge on any atom is 0.240 e. The Morgan fingerprint density at radius 1 is 1.00 bits per heavy atom. The third-order valence-corrected chi connectivity index (χ3v) is 9.17. The Morgan fingerprint density at radius 2 is 1.73 bits per heavy atom. The van der Waals surface area contributed by atoms with Crippen molar-refractivity contribution in [1.82, 2.24) is 9.30 Å². The second-order valence-electron chi connectivity index (χ2n) is 9.25. The lowest BCUT2D eigenvalue weighted by atomic mass is 9.93. The molecule has 2 aliphatic rings. The quantitative estimate of drug-likeness (QED) is 0.0779. The van der Waals surface area contributed by atoms with Gasteiger partial charge in [0.25, 0.3) is 0 Å². The van der Waals surface area contributed by atoms with Crippen LogP contribution in [0.2, 0.25) is 0 Å². The molecule has 10 nitrogen and oxygen atoms in total. The van der Waals surface area contributed by atoms with E-state index in [2.05, 4.69) is 46.9 Å². The summed E-state index contributed by atoms with van der Waals surface area (Å²) in [4.78, 5) is 2.62. The maximum atomic E-state index is 12.9. The summed E-state index contributed by atoms with van der Waals surface area (Å²) in [7, 11) is -3.84. The van der Waals surface area contributed by atoms with Gasteiger partial charge in [-0.1, -0.05) is 6.07 Å². The van der Waals surface area contributed by atoms with E-state index in [4.69, 9.17) is 14.5 Å². The highest BCUT2D eigenvalue weighted by molar-refractivity contribution is 7.94. The molecule has 0 atom stereocenters. The predicted molar refractivity (Wildman–Crippen MR) is 160 cm³/mol. The van der Waals surface area contributed by atoms with Crippen LogP contribution in [0.1, 0.15) is 27.7 Å². The van der Waals surface area contributed by atoms with E-state index in [1.807, 2.05) is 36.4 Å². The molecule has 220 valence electrons. The van der Waals surface area contributed by atoms with E-state index in [0.29, 0.717) is 33.8 Å². The average Bonchev–Trinajstić information content (AvgIpc) is 2.99. The number of nitrogens with two attached hydrogens (primary N) is 1. The van der Waals surface area contributed by atoms with Gasteiger partial charge in [-0.05, 0) is 63.6 Å². The summed E-state index contributed by atoms with van der Waals surface area (Å²) in [5, 5.41) is 16.3. The van der Waals surface area contributed by atoms with E-state index in [1.54, 1.807) is 6.07 Å². The van der Waals surface area contributed by atoms with E-state index in [0.717, 1.165) is 53.7 Å². The molecule has 41 heavy (non-hydrogen) atoms. The van der Waals surface area contributed by atoms with Crippen LogP contribution < -0.4 is 30.5 Å². The molecule has 0 saturated carbocycles. The number of nitrogens with one attached hydrogen (secondary N) is 1. The number of anilines is 1. The summed E-state index contributed by atoms with van der Waals surface area (Å²) in [6.45, 7) is 12.0. The normalized spacial score (nSPS) is 11.9. The summed E-state index contributed by atoms with van der Waals surface area (Å²) in [6, 6.07) is 16.8. The van der Waals surface area contributed by atoms with Crippen LogP contribution in [0, 0.1) is 0 Å². The van der Waals surface area contributed by atoms with Crippen LogP contribution >= 0.6 is 12.0 Å². The standard InChI is InChI=1S/C29H36N4O6S2/c1-5-32(6-2)20-9-12-23-26(17-20)37-27-18-21(33(7-3)8-4)10-13-24(27)29(23)25-14-11-22(19-28(25)40-39-38-34)41(35,36)31-16-15-30/h9-14,17-19,31H,5-8,15-16,30H2,1-4H3. The summed E-state index contributed by atoms with van der Waals surface area (Å²) >= 11 is 0.645. The molecule has 1 aliphatic heterocycles.